The van der Waals surface area contributed by atoms with Crippen LogP contribution in [0.1, 0.15) is 21.6 Å². The number of hydrogen-bond acceptors (Lipinski definition) is 2. The maximum absolute atomic E-state index is 14.8. The van der Waals surface area contributed by atoms with Crippen LogP contribution in [-0.2, 0) is 0 Å². The van der Waals surface area contributed by atoms with Crippen LogP contribution in [0.5, 0.6) is 5.75 Å². The highest BCUT2D eigenvalue weighted by Crippen LogP contribution is 2.39. The number of carbonyl (C=O) groups excluding carboxylic acids is 1. The predicted octanol–water partition coefficient (Wildman–Crippen LogP) is 2.96. The SMILES string of the molecule is COc1ccc(C2=C3C=CC=[N+]3[B-](F)(F)n3cc(C=O)cc32)cc1. The van der Waals surface area contributed by atoms with Gasteiger partial charge in [0.25, 0.3) is 0 Å². The van der Waals surface area contributed by atoms with Crippen molar-refractivity contribution in [1.29, 1.82) is 0 Å². The van der Waals surface area contributed by atoms with Gasteiger partial charge in [-0.15, -0.1) is 0 Å². The van der Waals surface area contributed by atoms with Gasteiger partial charge in [0.2, 0.25) is 0 Å². The van der Waals surface area contributed by atoms with Crippen molar-refractivity contribution in [2.24, 2.45) is 0 Å². The van der Waals surface area contributed by atoms with E-state index in [1.54, 1.807) is 31.4 Å². The van der Waals surface area contributed by atoms with Crippen molar-refractivity contribution >= 4 is 25.0 Å². The van der Waals surface area contributed by atoms with Crippen LogP contribution >= 0.6 is 0 Å². The number of nitrogens with zero attached hydrogens (tertiary/aromatic N) is 2. The van der Waals surface area contributed by atoms with E-state index in [2.05, 4.69) is 0 Å². The molecular weight excluding hydrogens is 313 g/mol. The fourth-order valence-electron chi connectivity index (χ4n) is 3.22. The van der Waals surface area contributed by atoms with E-state index in [1.807, 2.05) is 12.1 Å². The Morgan fingerprint density at radius 3 is 2.67 bits per heavy atom. The third-order valence-electron chi connectivity index (χ3n) is 4.35. The first-order valence-electron chi connectivity index (χ1n) is 7.45. The number of allylic oxidation sites excluding steroid dienone is 2. The number of aldehydes is 1. The highest BCUT2D eigenvalue weighted by Gasteiger charge is 2.51. The molecule has 0 bridgehead atoms. The van der Waals surface area contributed by atoms with Crippen molar-refractivity contribution in [3.05, 3.63) is 71.2 Å². The highest BCUT2D eigenvalue weighted by molar-refractivity contribution is 6.57. The number of rotatable bonds is 3. The number of hydrogen-bond donors (Lipinski definition) is 0. The van der Waals surface area contributed by atoms with Gasteiger partial charge in [-0.05, 0) is 30.0 Å². The molecule has 3 heterocycles. The first-order chi connectivity index (χ1) is 11.6. The van der Waals surface area contributed by atoms with E-state index in [1.165, 1.54) is 18.5 Å². The van der Waals surface area contributed by atoms with Crippen LogP contribution < -0.4 is 4.74 Å². The molecule has 0 amide bonds. The molecule has 1 aromatic carbocycles. The second-order valence-electron chi connectivity index (χ2n) is 5.68. The third kappa shape index (κ3) is 1.91. The van der Waals surface area contributed by atoms with Crippen LogP contribution in [0.3, 0.4) is 0 Å². The summed E-state index contributed by atoms with van der Waals surface area (Å²) in [5.41, 5.74) is 2.41. The monoisotopic (exact) mass is 326 g/mol. The lowest BCUT2D eigenvalue weighted by molar-refractivity contribution is -0.356. The van der Waals surface area contributed by atoms with E-state index in [0.717, 1.165) is 14.5 Å². The minimum absolute atomic E-state index is 0.225. The summed E-state index contributed by atoms with van der Waals surface area (Å²) in [6, 6.07) is 8.70. The van der Waals surface area contributed by atoms with Gasteiger partial charge in [0.1, 0.15) is 12.0 Å². The molecule has 120 valence electrons. The average molecular weight is 326 g/mol. The Labute approximate surface area is 137 Å². The molecule has 24 heavy (non-hydrogen) atoms. The number of methoxy groups -OCH3 is 1. The van der Waals surface area contributed by atoms with Crippen molar-refractivity contribution < 1.29 is 22.6 Å². The summed E-state index contributed by atoms with van der Waals surface area (Å²) in [6.45, 7) is -4.02. The lowest BCUT2D eigenvalue weighted by Gasteiger charge is -2.30. The molecule has 0 unspecified atom stereocenters. The van der Waals surface area contributed by atoms with E-state index in [9.17, 15) is 13.4 Å². The number of ether oxygens (including phenoxy) is 1. The largest absolute Gasteiger partial charge is 0.737 e. The summed E-state index contributed by atoms with van der Waals surface area (Å²) in [5.74, 6) is 0.684. The second-order valence-corrected chi connectivity index (χ2v) is 5.68. The molecule has 1 aromatic heterocycles. The standard InChI is InChI=1S/C17H13BF2N2O2/c1-24-14-6-4-13(5-7-14)17-15-3-2-8-21(15)18(19,20)22-10-12(11-23)9-16(17)22/h2-11H,1H3. The number of carbonyl (C=O) groups is 1. The van der Waals surface area contributed by atoms with Crippen molar-refractivity contribution in [2.45, 2.75) is 0 Å². The minimum atomic E-state index is -4.02. The molecule has 4 rings (SSSR count). The van der Waals surface area contributed by atoms with Crippen molar-refractivity contribution in [1.82, 2.24) is 4.48 Å². The molecule has 0 aliphatic carbocycles. The van der Waals surface area contributed by atoms with Gasteiger partial charge in [-0.25, -0.2) is 0 Å². The van der Waals surface area contributed by atoms with Crippen LogP contribution in [0, 0.1) is 0 Å². The smallest absolute Gasteiger partial charge is 0.497 e. The van der Waals surface area contributed by atoms with Gasteiger partial charge in [0.05, 0.1) is 12.7 Å². The zero-order valence-corrected chi connectivity index (χ0v) is 12.8. The van der Waals surface area contributed by atoms with Crippen molar-refractivity contribution in [3.63, 3.8) is 0 Å². The zero-order chi connectivity index (χ0) is 16.9. The van der Waals surface area contributed by atoms with Gasteiger partial charge in [-0.3, -0.25) is 4.79 Å². The first kappa shape index (κ1) is 14.6. The Hall–Kier alpha value is -2.96. The molecule has 0 spiro atoms. The lowest BCUT2D eigenvalue weighted by Crippen LogP contribution is -2.49. The summed E-state index contributed by atoms with van der Waals surface area (Å²) in [7, 11) is 1.57. The molecule has 2 aromatic rings. The minimum Gasteiger partial charge on any atom is -0.497 e. The summed E-state index contributed by atoms with van der Waals surface area (Å²) in [4.78, 5) is 11.1. The number of benzene rings is 1. The van der Waals surface area contributed by atoms with Crippen LogP contribution in [-0.4, -0.2) is 35.5 Å². The van der Waals surface area contributed by atoms with Gasteiger partial charge in [-0.2, -0.15) is 0 Å². The predicted molar refractivity (Wildman–Crippen MR) is 87.7 cm³/mol. The highest BCUT2D eigenvalue weighted by atomic mass is 19.2. The summed E-state index contributed by atoms with van der Waals surface area (Å²) in [5, 5.41) is 0. The summed E-state index contributed by atoms with van der Waals surface area (Å²) < 4.78 is 36.7. The molecule has 2 aliphatic heterocycles. The van der Waals surface area contributed by atoms with Gasteiger partial charge in [0.15, 0.2) is 12.0 Å². The maximum atomic E-state index is 14.8. The maximum Gasteiger partial charge on any atom is 0.737 e. The van der Waals surface area contributed by atoms with E-state index < -0.39 is 6.97 Å². The summed E-state index contributed by atoms with van der Waals surface area (Å²) >= 11 is 0. The second kappa shape index (κ2) is 5.02. The topological polar surface area (TPSA) is 34.2 Å². The molecule has 0 radical (unpaired) electrons. The van der Waals surface area contributed by atoms with E-state index in [0.29, 0.717) is 29.0 Å². The molecule has 0 fully saturated rings. The fourth-order valence-corrected chi connectivity index (χ4v) is 3.22. The number of halogens is 2. The van der Waals surface area contributed by atoms with Crippen LogP contribution in [0.25, 0.3) is 5.57 Å². The third-order valence-corrected chi connectivity index (χ3v) is 4.35. The Balaban J connectivity index is 2.00. The average Bonchev–Trinajstić information content (AvgIpc) is 3.23. The number of aromatic nitrogens is 1. The first-order valence-corrected chi connectivity index (χ1v) is 7.45. The molecule has 0 atom stereocenters. The normalized spacial score (nSPS) is 17.4. The van der Waals surface area contributed by atoms with Crippen LogP contribution in [0.4, 0.5) is 8.63 Å². The van der Waals surface area contributed by atoms with E-state index in [4.69, 9.17) is 4.74 Å². The van der Waals surface area contributed by atoms with E-state index in [-0.39, 0.29) is 5.56 Å². The molecule has 4 nitrogen and oxygen atoms in total. The van der Waals surface area contributed by atoms with Gasteiger partial charge in [-0.1, -0.05) is 12.1 Å². The Bertz CT molecular complexity index is 940. The molecule has 0 saturated heterocycles. The number of fused-ring (bicyclic) bond motifs is 2. The molecule has 0 saturated carbocycles. The quantitative estimate of drug-likeness (QED) is 0.642. The van der Waals surface area contributed by atoms with Crippen LogP contribution in [0.15, 0.2) is 54.4 Å². The Kier molecular flexibility index (Phi) is 3.06. The molecular formula is C17H13BF2N2O2. The van der Waals surface area contributed by atoms with E-state index >= 15 is 0 Å². The Morgan fingerprint density at radius 1 is 1.25 bits per heavy atom. The van der Waals surface area contributed by atoms with Gasteiger partial charge >= 0.3 is 6.97 Å². The van der Waals surface area contributed by atoms with Gasteiger partial charge < -0.3 is 22.3 Å². The fraction of sp³-hybridized carbons (Fsp3) is 0.0588. The van der Waals surface area contributed by atoms with Crippen LogP contribution in [0.2, 0.25) is 0 Å². The molecule has 7 heteroatoms. The zero-order valence-electron chi connectivity index (χ0n) is 12.8. The lowest BCUT2D eigenvalue weighted by atomic mass is 9.86. The van der Waals surface area contributed by atoms with Gasteiger partial charge in [0, 0.05) is 23.4 Å². The molecule has 2 aliphatic rings. The Morgan fingerprint density at radius 2 is 2.00 bits per heavy atom. The van der Waals surface area contributed by atoms with Crippen molar-refractivity contribution in [2.75, 3.05) is 7.11 Å². The van der Waals surface area contributed by atoms with Crippen molar-refractivity contribution in [3.8, 4) is 5.75 Å². The molecule has 0 N–H and O–H groups in total. The summed E-state index contributed by atoms with van der Waals surface area (Å²) in [6.07, 6.45) is 6.41.